The van der Waals surface area contributed by atoms with E-state index in [2.05, 4.69) is 5.32 Å². The fourth-order valence-corrected chi connectivity index (χ4v) is 4.24. The first-order valence-electron chi connectivity index (χ1n) is 9.29. The quantitative estimate of drug-likeness (QED) is 0.417. The van der Waals surface area contributed by atoms with Crippen molar-refractivity contribution >= 4 is 45.8 Å². The van der Waals surface area contributed by atoms with Crippen LogP contribution in [0.3, 0.4) is 0 Å². The highest BCUT2D eigenvalue weighted by atomic mass is 35.5. The summed E-state index contributed by atoms with van der Waals surface area (Å²) in [6, 6.07) is 14.3. The molecule has 3 aromatic rings. The second-order valence-corrected chi connectivity index (χ2v) is 8.31. The van der Waals surface area contributed by atoms with E-state index in [9.17, 15) is 20.1 Å². The Hall–Kier alpha value is -3.85. The maximum absolute atomic E-state index is 12.7. The highest BCUT2D eigenvalue weighted by Crippen LogP contribution is 2.34. The number of carbonyl (C=O) groups is 2. The Kier molecular flexibility index (Phi) is 6.79. The van der Waals surface area contributed by atoms with Gasteiger partial charge in [-0.1, -0.05) is 23.7 Å². The molecule has 1 N–H and O–H groups in total. The highest BCUT2D eigenvalue weighted by Gasteiger charge is 2.23. The van der Waals surface area contributed by atoms with E-state index in [0.717, 1.165) is 11.3 Å². The van der Waals surface area contributed by atoms with Gasteiger partial charge >= 0.3 is 0 Å². The number of nitriles is 2. The molecule has 2 heterocycles. The summed E-state index contributed by atoms with van der Waals surface area (Å²) >= 11 is 7.17. The molecule has 1 aromatic carbocycles. The van der Waals surface area contributed by atoms with E-state index in [4.69, 9.17) is 16.0 Å². The van der Waals surface area contributed by atoms with Crippen LogP contribution < -0.4 is 5.32 Å². The van der Waals surface area contributed by atoms with Crippen molar-refractivity contribution < 1.29 is 14.0 Å². The van der Waals surface area contributed by atoms with Crippen molar-refractivity contribution in [3.63, 3.8) is 0 Å². The second-order valence-electron chi connectivity index (χ2n) is 6.88. The number of nitrogens with zero attached hydrogens (tertiary/aromatic N) is 3. The Morgan fingerprint density at radius 2 is 1.91 bits per heavy atom. The molecule has 0 aliphatic carbocycles. The molecule has 0 atom stereocenters. The molecule has 0 spiro atoms. The number of thiophene rings is 1. The lowest BCUT2D eigenvalue weighted by atomic mass is 10.1. The van der Waals surface area contributed by atoms with Crippen LogP contribution in [0.1, 0.15) is 26.6 Å². The maximum Gasteiger partial charge on any atom is 0.267 e. The van der Waals surface area contributed by atoms with E-state index >= 15 is 0 Å². The molecular weight excluding hydrogens is 448 g/mol. The Bertz CT molecular complexity index is 1320. The monoisotopic (exact) mass is 464 g/mol. The Balaban J connectivity index is 1.88. The molecule has 0 bridgehead atoms. The molecule has 0 saturated heterocycles. The first-order valence-corrected chi connectivity index (χ1v) is 10.5. The van der Waals surface area contributed by atoms with Crippen LogP contribution in [0.5, 0.6) is 0 Å². The summed E-state index contributed by atoms with van der Waals surface area (Å²) in [5.41, 5.74) is 1.12. The summed E-state index contributed by atoms with van der Waals surface area (Å²) in [6.45, 7) is 1.64. The molecule has 7 nitrogen and oxygen atoms in total. The molecule has 0 radical (unpaired) electrons. The van der Waals surface area contributed by atoms with E-state index in [0.29, 0.717) is 26.8 Å². The largest absolute Gasteiger partial charge is 0.457 e. The van der Waals surface area contributed by atoms with Gasteiger partial charge in [0, 0.05) is 25.7 Å². The average Bonchev–Trinajstić information content (AvgIpc) is 3.35. The molecule has 160 valence electrons. The van der Waals surface area contributed by atoms with Gasteiger partial charge in [0.05, 0.1) is 15.5 Å². The van der Waals surface area contributed by atoms with E-state index in [-0.39, 0.29) is 27.8 Å². The third-order valence-corrected chi connectivity index (χ3v) is 6.03. The molecule has 0 fully saturated rings. The van der Waals surface area contributed by atoms with Gasteiger partial charge in [0.15, 0.2) is 0 Å². The average molecular weight is 465 g/mol. The van der Waals surface area contributed by atoms with Crippen LogP contribution in [0.2, 0.25) is 5.02 Å². The van der Waals surface area contributed by atoms with Crippen molar-refractivity contribution in [2.24, 2.45) is 0 Å². The number of furan rings is 1. The molecule has 0 aliphatic heterocycles. The summed E-state index contributed by atoms with van der Waals surface area (Å²) in [5.74, 6) is -0.210. The Morgan fingerprint density at radius 3 is 2.53 bits per heavy atom. The summed E-state index contributed by atoms with van der Waals surface area (Å²) in [5, 5.41) is 22.3. The summed E-state index contributed by atoms with van der Waals surface area (Å²) in [6.07, 6.45) is 1.30. The lowest BCUT2D eigenvalue weighted by Crippen LogP contribution is -2.21. The lowest BCUT2D eigenvalue weighted by molar-refractivity contribution is -0.112. The van der Waals surface area contributed by atoms with Crippen molar-refractivity contribution in [1.29, 1.82) is 10.5 Å². The third-order valence-electron chi connectivity index (χ3n) is 4.50. The zero-order valence-electron chi connectivity index (χ0n) is 17.4. The van der Waals surface area contributed by atoms with Gasteiger partial charge in [0.2, 0.25) is 0 Å². The zero-order valence-corrected chi connectivity index (χ0v) is 19.0. The van der Waals surface area contributed by atoms with Crippen LogP contribution in [0.25, 0.3) is 17.4 Å². The fraction of sp³-hybridized carbons (Fsp3) is 0.130. The van der Waals surface area contributed by atoms with Gasteiger partial charge < -0.3 is 14.6 Å². The van der Waals surface area contributed by atoms with Gasteiger partial charge in [-0.05, 0) is 36.8 Å². The van der Waals surface area contributed by atoms with Gasteiger partial charge in [-0.3, -0.25) is 9.59 Å². The van der Waals surface area contributed by atoms with E-state index in [1.807, 2.05) is 18.2 Å². The minimum absolute atomic E-state index is 0.185. The maximum atomic E-state index is 12.7. The van der Waals surface area contributed by atoms with Crippen LogP contribution >= 0.6 is 22.9 Å². The Labute approximate surface area is 193 Å². The van der Waals surface area contributed by atoms with Crippen LogP contribution in [0.4, 0.5) is 5.00 Å². The SMILES string of the molecule is Cc1c(C(=O)N(C)C)sc(NC(=O)/C(C#N)=C/c2ccc(-c3ccccc3Cl)o2)c1C#N. The van der Waals surface area contributed by atoms with Gasteiger partial charge in [-0.25, -0.2) is 0 Å². The van der Waals surface area contributed by atoms with Crippen molar-refractivity contribution in [1.82, 2.24) is 4.90 Å². The van der Waals surface area contributed by atoms with E-state index < -0.39 is 5.91 Å². The predicted molar refractivity (Wildman–Crippen MR) is 123 cm³/mol. The lowest BCUT2D eigenvalue weighted by Gasteiger charge is -2.08. The number of amides is 2. The van der Waals surface area contributed by atoms with Gasteiger partial charge in [-0.15, -0.1) is 11.3 Å². The molecule has 32 heavy (non-hydrogen) atoms. The van der Waals surface area contributed by atoms with E-state index in [1.165, 1.54) is 11.0 Å². The summed E-state index contributed by atoms with van der Waals surface area (Å²) < 4.78 is 5.72. The molecule has 2 amide bonds. The minimum Gasteiger partial charge on any atom is -0.457 e. The number of hydrogen-bond donors (Lipinski definition) is 1. The number of nitrogens with one attached hydrogen (secondary N) is 1. The minimum atomic E-state index is -0.718. The second kappa shape index (κ2) is 9.52. The molecule has 9 heteroatoms. The number of benzene rings is 1. The smallest absolute Gasteiger partial charge is 0.267 e. The summed E-state index contributed by atoms with van der Waals surface area (Å²) in [4.78, 5) is 26.8. The first-order chi connectivity index (χ1) is 15.3. The molecule has 0 saturated carbocycles. The normalized spacial score (nSPS) is 10.9. The third kappa shape index (κ3) is 4.57. The molecule has 0 aliphatic rings. The zero-order chi connectivity index (χ0) is 23.4. The van der Waals surface area contributed by atoms with Crippen molar-refractivity contribution in [3.05, 3.63) is 68.8 Å². The van der Waals surface area contributed by atoms with Gasteiger partial charge in [0.1, 0.15) is 34.2 Å². The van der Waals surface area contributed by atoms with Gasteiger partial charge in [0.25, 0.3) is 11.8 Å². The molecular formula is C23H17ClN4O3S. The molecule has 0 unspecified atom stereocenters. The number of hydrogen-bond acceptors (Lipinski definition) is 6. The van der Waals surface area contributed by atoms with E-state index in [1.54, 1.807) is 51.4 Å². The number of halogens is 1. The highest BCUT2D eigenvalue weighted by molar-refractivity contribution is 7.18. The first kappa shape index (κ1) is 22.8. The molecule has 3 rings (SSSR count). The topological polar surface area (TPSA) is 110 Å². The van der Waals surface area contributed by atoms with Crippen LogP contribution in [-0.2, 0) is 4.79 Å². The van der Waals surface area contributed by atoms with Crippen LogP contribution in [-0.4, -0.2) is 30.8 Å². The van der Waals surface area contributed by atoms with Gasteiger partial charge in [-0.2, -0.15) is 10.5 Å². The van der Waals surface area contributed by atoms with Crippen molar-refractivity contribution in [2.45, 2.75) is 6.92 Å². The number of carbonyl (C=O) groups excluding carboxylic acids is 2. The van der Waals surface area contributed by atoms with Crippen LogP contribution in [0.15, 0.2) is 46.4 Å². The standard InChI is InChI=1S/C23H17ClN4O3S/c1-13-17(12-26)22(32-20(13)23(30)28(2)3)27-21(29)14(11-25)10-15-8-9-19(31-15)16-6-4-5-7-18(16)24/h4-10H,1-3H3,(H,27,29)/b14-10+. The summed E-state index contributed by atoms with van der Waals surface area (Å²) in [7, 11) is 3.20. The number of rotatable bonds is 5. The van der Waals surface area contributed by atoms with Crippen molar-refractivity contribution in [2.75, 3.05) is 19.4 Å². The van der Waals surface area contributed by atoms with Crippen LogP contribution in [0, 0.1) is 29.6 Å². The Morgan fingerprint density at radius 1 is 1.19 bits per heavy atom. The fourth-order valence-electron chi connectivity index (χ4n) is 2.84. The molecule has 2 aromatic heterocycles. The van der Waals surface area contributed by atoms with Crippen molar-refractivity contribution in [3.8, 4) is 23.5 Å². The predicted octanol–water partition coefficient (Wildman–Crippen LogP) is 5.09. The number of anilines is 1.